The number of benzene rings is 1. The van der Waals surface area contributed by atoms with Gasteiger partial charge in [0.1, 0.15) is 5.69 Å². The van der Waals surface area contributed by atoms with Gasteiger partial charge in [0.05, 0.1) is 11.4 Å². The van der Waals surface area contributed by atoms with E-state index < -0.39 is 0 Å². The molecule has 0 spiro atoms. The number of halogens is 1. The fourth-order valence-electron chi connectivity index (χ4n) is 2.89. The van der Waals surface area contributed by atoms with Crippen LogP contribution in [0.4, 0.5) is 5.82 Å². The van der Waals surface area contributed by atoms with E-state index in [-0.39, 0.29) is 11.3 Å². The first-order valence-electron chi connectivity index (χ1n) is 10.5. The van der Waals surface area contributed by atoms with Gasteiger partial charge in [-0.25, -0.2) is 0 Å². The van der Waals surface area contributed by atoms with Crippen molar-refractivity contribution in [1.82, 2.24) is 25.3 Å². The SMILES string of the molecule is CC(C)CN=C(NC(=O)c1cc(C(C)(C)C)nn1C)Nc1cc(-c2ccc(Cl)cc2)[nH]n1. The minimum atomic E-state index is -0.293. The first-order chi connectivity index (χ1) is 15.0. The van der Waals surface area contributed by atoms with E-state index in [9.17, 15) is 4.79 Å². The molecule has 0 bridgehead atoms. The Morgan fingerprint density at radius 2 is 1.91 bits per heavy atom. The van der Waals surface area contributed by atoms with Gasteiger partial charge in [0.15, 0.2) is 5.82 Å². The summed E-state index contributed by atoms with van der Waals surface area (Å²) in [4.78, 5) is 17.5. The van der Waals surface area contributed by atoms with Crippen molar-refractivity contribution in [3.8, 4) is 11.3 Å². The molecular weight excluding hydrogens is 426 g/mol. The number of aryl methyl sites for hydroxylation is 1. The zero-order chi connectivity index (χ0) is 23.5. The van der Waals surface area contributed by atoms with Gasteiger partial charge in [-0.3, -0.25) is 24.9 Å². The van der Waals surface area contributed by atoms with E-state index in [0.29, 0.717) is 35.0 Å². The molecule has 0 aliphatic rings. The van der Waals surface area contributed by atoms with Gasteiger partial charge in [-0.15, -0.1) is 0 Å². The number of hydrogen-bond donors (Lipinski definition) is 3. The van der Waals surface area contributed by atoms with Crippen LogP contribution in [-0.4, -0.2) is 38.4 Å². The third-order valence-corrected chi connectivity index (χ3v) is 4.96. The van der Waals surface area contributed by atoms with E-state index in [1.165, 1.54) is 0 Å². The topological polar surface area (TPSA) is 100.0 Å². The lowest BCUT2D eigenvalue weighted by atomic mass is 9.92. The molecule has 1 aromatic carbocycles. The maximum absolute atomic E-state index is 13.0. The summed E-state index contributed by atoms with van der Waals surface area (Å²) in [6.07, 6.45) is 0. The van der Waals surface area contributed by atoms with Crippen LogP contribution in [0.25, 0.3) is 11.3 Å². The van der Waals surface area contributed by atoms with Gasteiger partial charge in [0.25, 0.3) is 5.91 Å². The van der Waals surface area contributed by atoms with Gasteiger partial charge < -0.3 is 5.32 Å². The van der Waals surface area contributed by atoms with Crippen molar-refractivity contribution < 1.29 is 4.79 Å². The number of aromatic amines is 1. The Hall–Kier alpha value is -3.13. The molecule has 170 valence electrons. The van der Waals surface area contributed by atoms with Crippen molar-refractivity contribution in [2.45, 2.75) is 40.0 Å². The van der Waals surface area contributed by atoms with Crippen LogP contribution in [0.2, 0.25) is 5.02 Å². The quantitative estimate of drug-likeness (QED) is 0.386. The summed E-state index contributed by atoms with van der Waals surface area (Å²) in [5.41, 5.74) is 2.91. The molecule has 3 N–H and O–H groups in total. The van der Waals surface area contributed by atoms with E-state index in [1.54, 1.807) is 11.7 Å². The Morgan fingerprint density at radius 1 is 1.22 bits per heavy atom. The van der Waals surface area contributed by atoms with Crippen molar-refractivity contribution in [2.24, 2.45) is 18.0 Å². The number of nitrogens with one attached hydrogen (secondary N) is 3. The summed E-state index contributed by atoms with van der Waals surface area (Å²) >= 11 is 5.97. The Bertz CT molecular complexity index is 1100. The van der Waals surface area contributed by atoms with Crippen molar-refractivity contribution in [3.63, 3.8) is 0 Å². The van der Waals surface area contributed by atoms with E-state index in [4.69, 9.17) is 11.6 Å². The lowest BCUT2D eigenvalue weighted by Crippen LogP contribution is -2.37. The van der Waals surface area contributed by atoms with Crippen molar-refractivity contribution in [1.29, 1.82) is 0 Å². The molecule has 0 fully saturated rings. The van der Waals surface area contributed by atoms with Crippen LogP contribution in [0.1, 0.15) is 50.8 Å². The van der Waals surface area contributed by atoms with E-state index in [2.05, 4.69) is 65.5 Å². The smallest absolute Gasteiger partial charge is 0.276 e. The standard InChI is InChI=1S/C23H30ClN7O/c1-14(2)13-25-22(27-21(32)18-12-19(23(3,4)5)30-31(18)6)26-20-11-17(28-29-20)15-7-9-16(24)10-8-15/h7-12,14H,13H2,1-6H3,(H3,25,26,27,28,29,32). The molecule has 9 heteroatoms. The Balaban J connectivity index is 1.79. The van der Waals surface area contributed by atoms with Crippen molar-refractivity contribution in [3.05, 3.63) is 52.8 Å². The molecule has 0 radical (unpaired) electrons. The molecule has 0 saturated heterocycles. The first-order valence-corrected chi connectivity index (χ1v) is 10.9. The van der Waals surface area contributed by atoms with Gasteiger partial charge >= 0.3 is 0 Å². The zero-order valence-corrected chi connectivity index (χ0v) is 20.1. The van der Waals surface area contributed by atoms with Crippen LogP contribution in [0.15, 0.2) is 41.4 Å². The molecule has 2 heterocycles. The highest BCUT2D eigenvalue weighted by atomic mass is 35.5. The van der Waals surface area contributed by atoms with Crippen molar-refractivity contribution >= 4 is 29.3 Å². The minimum Gasteiger partial charge on any atom is -0.309 e. The summed E-state index contributed by atoms with van der Waals surface area (Å²) in [5, 5.41) is 18.4. The third kappa shape index (κ3) is 5.97. The van der Waals surface area contributed by atoms with Crippen LogP contribution in [0.5, 0.6) is 0 Å². The predicted octanol–water partition coefficient (Wildman–Crippen LogP) is 4.62. The number of aliphatic imine (C=N–C) groups is 1. The highest BCUT2D eigenvalue weighted by Gasteiger charge is 2.22. The maximum Gasteiger partial charge on any atom is 0.276 e. The summed E-state index contributed by atoms with van der Waals surface area (Å²) in [6.45, 7) is 10.9. The number of hydrogen-bond acceptors (Lipinski definition) is 4. The largest absolute Gasteiger partial charge is 0.309 e. The van der Waals surface area contributed by atoms with Crippen LogP contribution in [0.3, 0.4) is 0 Å². The highest BCUT2D eigenvalue weighted by molar-refractivity contribution is 6.30. The van der Waals surface area contributed by atoms with E-state index in [1.807, 2.05) is 36.4 Å². The summed E-state index contributed by atoms with van der Waals surface area (Å²) in [5.74, 6) is 0.908. The molecular formula is C23H30ClN7O. The number of amides is 1. The molecule has 8 nitrogen and oxygen atoms in total. The van der Waals surface area contributed by atoms with Gasteiger partial charge in [-0.2, -0.15) is 10.2 Å². The van der Waals surface area contributed by atoms with Gasteiger partial charge in [-0.1, -0.05) is 58.4 Å². The van der Waals surface area contributed by atoms with Crippen LogP contribution < -0.4 is 10.6 Å². The Kier molecular flexibility index (Phi) is 7.03. The summed E-state index contributed by atoms with van der Waals surface area (Å²) in [6, 6.07) is 11.1. The fraction of sp³-hybridized carbons (Fsp3) is 0.391. The Labute approximate surface area is 193 Å². The number of aromatic nitrogens is 4. The Morgan fingerprint density at radius 3 is 2.50 bits per heavy atom. The molecule has 3 aromatic rings. The lowest BCUT2D eigenvalue weighted by molar-refractivity contribution is 0.0967. The number of carbonyl (C=O) groups is 1. The molecule has 1 amide bonds. The molecule has 0 aliphatic carbocycles. The molecule has 0 aliphatic heterocycles. The van der Waals surface area contributed by atoms with Crippen LogP contribution in [-0.2, 0) is 12.5 Å². The summed E-state index contributed by atoms with van der Waals surface area (Å²) < 4.78 is 1.59. The average molecular weight is 456 g/mol. The monoisotopic (exact) mass is 455 g/mol. The lowest BCUT2D eigenvalue weighted by Gasteiger charge is -2.13. The maximum atomic E-state index is 13.0. The number of nitrogens with zero attached hydrogens (tertiary/aromatic N) is 4. The van der Waals surface area contributed by atoms with Gasteiger partial charge in [0, 0.05) is 30.1 Å². The minimum absolute atomic E-state index is 0.157. The molecule has 2 aromatic heterocycles. The normalized spacial score (nSPS) is 12.3. The predicted molar refractivity (Wildman–Crippen MR) is 129 cm³/mol. The van der Waals surface area contributed by atoms with Crippen molar-refractivity contribution in [2.75, 3.05) is 11.9 Å². The summed E-state index contributed by atoms with van der Waals surface area (Å²) in [7, 11) is 1.76. The van der Waals surface area contributed by atoms with E-state index >= 15 is 0 Å². The van der Waals surface area contributed by atoms with E-state index in [0.717, 1.165) is 17.0 Å². The third-order valence-electron chi connectivity index (χ3n) is 4.71. The number of H-pyrrole nitrogens is 1. The van der Waals surface area contributed by atoms with Crippen LogP contribution in [0, 0.1) is 5.92 Å². The number of rotatable bonds is 5. The zero-order valence-electron chi connectivity index (χ0n) is 19.3. The number of anilines is 1. The fourth-order valence-corrected chi connectivity index (χ4v) is 3.01. The highest BCUT2D eigenvalue weighted by Crippen LogP contribution is 2.22. The van der Waals surface area contributed by atoms with Crippen LogP contribution >= 0.6 is 11.6 Å². The molecule has 0 saturated carbocycles. The van der Waals surface area contributed by atoms with Gasteiger partial charge in [0.2, 0.25) is 5.96 Å². The number of carbonyl (C=O) groups excluding carboxylic acids is 1. The second-order valence-corrected chi connectivity index (χ2v) is 9.56. The molecule has 0 atom stereocenters. The molecule has 0 unspecified atom stereocenters. The second kappa shape index (κ2) is 9.56. The molecule has 3 rings (SSSR count). The second-order valence-electron chi connectivity index (χ2n) is 9.12. The first kappa shape index (κ1) is 23.5. The average Bonchev–Trinajstić information content (AvgIpc) is 3.33. The number of guanidine groups is 1. The molecule has 32 heavy (non-hydrogen) atoms. The van der Waals surface area contributed by atoms with Gasteiger partial charge in [-0.05, 0) is 29.7 Å².